The molecule has 2 fully saturated rings. The second-order valence-electron chi connectivity index (χ2n) is 10.6. The number of carbonyl (C=O) groups excluding carboxylic acids is 2. The largest absolute Gasteiger partial charge is 0.481 e. The minimum absolute atomic E-state index is 0.00396. The number of aromatic nitrogens is 2. The third-order valence-electron chi connectivity index (χ3n) is 7.39. The van der Waals surface area contributed by atoms with Crippen LogP contribution in [0.15, 0.2) is 48.9 Å². The molecule has 1 aliphatic carbocycles. The van der Waals surface area contributed by atoms with Crippen LogP contribution in [-0.4, -0.2) is 65.8 Å². The van der Waals surface area contributed by atoms with Crippen molar-refractivity contribution in [3.8, 4) is 0 Å². The van der Waals surface area contributed by atoms with E-state index in [1.165, 1.54) is 31.3 Å². The fraction of sp³-hybridized carbons (Fsp3) is 0.538. The van der Waals surface area contributed by atoms with Gasteiger partial charge in [0.25, 0.3) is 5.91 Å². The van der Waals surface area contributed by atoms with Crippen LogP contribution in [-0.2, 0) is 18.8 Å². The van der Waals surface area contributed by atoms with Crippen LogP contribution in [0.5, 0.6) is 0 Å². The molecule has 0 radical (unpaired) electrons. The number of carbonyl (C=O) groups is 2. The fourth-order valence-corrected chi connectivity index (χ4v) is 4.52. The number of nitrogens with zero attached hydrogens (tertiary/aromatic N) is 2. The van der Waals surface area contributed by atoms with Crippen molar-refractivity contribution in [1.82, 2.24) is 20.6 Å². The average molecular weight is 494 g/mol. The molecular formula is C26H35BN4O5. The minimum atomic E-state index is -0.918. The van der Waals surface area contributed by atoms with Crippen LogP contribution in [0.25, 0.3) is 0 Å². The van der Waals surface area contributed by atoms with E-state index in [0.717, 1.165) is 6.42 Å². The minimum Gasteiger partial charge on any atom is -0.402 e. The molecule has 36 heavy (non-hydrogen) atoms. The normalized spacial score (nSPS) is 23.5. The topological polar surface area (TPSA) is 112 Å². The summed E-state index contributed by atoms with van der Waals surface area (Å²) in [5.41, 5.74) is 0.359. The summed E-state index contributed by atoms with van der Waals surface area (Å²) in [6.45, 7) is 7.97. The molecule has 10 heteroatoms. The van der Waals surface area contributed by atoms with E-state index in [1.54, 1.807) is 0 Å². The molecule has 1 saturated carbocycles. The number of hydrogen-bond acceptors (Lipinski definition) is 7. The molecule has 1 aliphatic heterocycles. The van der Waals surface area contributed by atoms with Crippen molar-refractivity contribution < 1.29 is 23.6 Å². The van der Waals surface area contributed by atoms with E-state index in [4.69, 9.17) is 14.0 Å². The zero-order chi connectivity index (χ0) is 25.9. The first-order valence-electron chi connectivity index (χ1n) is 12.4. The van der Waals surface area contributed by atoms with Crippen molar-refractivity contribution in [2.75, 3.05) is 13.7 Å². The molecule has 2 amide bonds. The summed E-state index contributed by atoms with van der Waals surface area (Å²) >= 11 is 0. The van der Waals surface area contributed by atoms with Crippen molar-refractivity contribution in [2.24, 2.45) is 5.92 Å². The van der Waals surface area contributed by atoms with Crippen molar-refractivity contribution in [3.63, 3.8) is 0 Å². The summed E-state index contributed by atoms with van der Waals surface area (Å²) in [5.74, 6) is -0.430. The summed E-state index contributed by atoms with van der Waals surface area (Å²) in [6, 6.07) is 9.48. The predicted octanol–water partition coefficient (Wildman–Crippen LogP) is 2.53. The Balaban J connectivity index is 1.48. The first kappa shape index (κ1) is 26.3. The molecule has 1 aromatic carbocycles. The van der Waals surface area contributed by atoms with E-state index in [2.05, 4.69) is 32.7 Å². The van der Waals surface area contributed by atoms with Crippen LogP contribution in [0.1, 0.15) is 62.5 Å². The molecule has 1 aromatic heterocycles. The van der Waals surface area contributed by atoms with Gasteiger partial charge in [0.2, 0.25) is 5.91 Å². The van der Waals surface area contributed by atoms with E-state index < -0.39 is 36.2 Å². The lowest BCUT2D eigenvalue weighted by Gasteiger charge is -2.32. The quantitative estimate of drug-likeness (QED) is 0.489. The van der Waals surface area contributed by atoms with Crippen LogP contribution in [0, 0.1) is 5.92 Å². The van der Waals surface area contributed by atoms with Gasteiger partial charge in [-0.25, -0.2) is 4.98 Å². The van der Waals surface area contributed by atoms with Crippen LogP contribution < -0.4 is 10.6 Å². The zero-order valence-electron chi connectivity index (χ0n) is 21.6. The van der Waals surface area contributed by atoms with E-state index in [1.807, 2.05) is 45.9 Å². The van der Waals surface area contributed by atoms with Crippen LogP contribution in [0.2, 0.25) is 0 Å². The van der Waals surface area contributed by atoms with Crippen molar-refractivity contribution >= 4 is 18.9 Å². The predicted molar refractivity (Wildman–Crippen MR) is 135 cm³/mol. The van der Waals surface area contributed by atoms with Gasteiger partial charge in [0.1, 0.15) is 11.7 Å². The smallest absolute Gasteiger partial charge is 0.402 e. The number of rotatable bonds is 10. The molecule has 0 spiro atoms. The Morgan fingerprint density at radius 1 is 1.11 bits per heavy atom. The SMILES string of the molecule is COC[C@@H](NC(=O)c1cnccn1)C(=O)N[C@@H](C[C@H]1C[C@@H]1c1ccccc1)B1OC(C)(C)C(C)(C)O1. The molecule has 192 valence electrons. The Kier molecular flexibility index (Phi) is 7.77. The summed E-state index contributed by atoms with van der Waals surface area (Å²) in [6.07, 6.45) is 5.99. The summed E-state index contributed by atoms with van der Waals surface area (Å²) in [5, 5.41) is 5.81. The summed E-state index contributed by atoms with van der Waals surface area (Å²) < 4.78 is 17.9. The molecule has 0 unspecified atom stereocenters. The maximum Gasteiger partial charge on any atom is 0.481 e. The third kappa shape index (κ3) is 5.94. The number of nitrogens with one attached hydrogen (secondary N) is 2. The molecule has 4 atom stereocenters. The number of methoxy groups -OCH3 is 1. The Bertz CT molecular complexity index is 1040. The van der Waals surface area contributed by atoms with E-state index in [9.17, 15) is 9.59 Å². The van der Waals surface area contributed by atoms with Gasteiger partial charge in [-0.3, -0.25) is 14.6 Å². The number of amides is 2. The zero-order valence-corrected chi connectivity index (χ0v) is 21.6. The molecule has 2 heterocycles. The van der Waals surface area contributed by atoms with Crippen molar-refractivity contribution in [2.45, 2.75) is 69.6 Å². The number of hydrogen-bond donors (Lipinski definition) is 2. The van der Waals surface area contributed by atoms with Gasteiger partial charge in [0.05, 0.1) is 29.9 Å². The Morgan fingerprint density at radius 3 is 2.42 bits per heavy atom. The highest BCUT2D eigenvalue weighted by Crippen LogP contribution is 2.51. The van der Waals surface area contributed by atoms with Gasteiger partial charge in [-0.05, 0) is 57.9 Å². The lowest BCUT2D eigenvalue weighted by molar-refractivity contribution is -0.124. The van der Waals surface area contributed by atoms with Crippen LogP contribution in [0.4, 0.5) is 0 Å². The maximum atomic E-state index is 13.4. The first-order chi connectivity index (χ1) is 17.1. The second-order valence-corrected chi connectivity index (χ2v) is 10.6. The van der Waals surface area contributed by atoms with Crippen molar-refractivity contribution in [3.05, 3.63) is 60.2 Å². The van der Waals surface area contributed by atoms with E-state index >= 15 is 0 Å². The molecule has 4 rings (SSSR count). The summed E-state index contributed by atoms with van der Waals surface area (Å²) in [4.78, 5) is 33.9. The van der Waals surface area contributed by atoms with E-state index in [0.29, 0.717) is 18.3 Å². The lowest BCUT2D eigenvalue weighted by atomic mass is 9.74. The standard InChI is InChI=1S/C26H35BN4O5/c1-25(2)26(3,4)36-27(35-25)22(14-18-13-19(18)17-9-7-6-8-10-17)31-24(33)21(16-34-5)30-23(32)20-15-28-11-12-29-20/h6-12,15,18-19,21-22H,13-14,16H2,1-5H3,(H,30,32)(H,31,33)/t18-,19-,21-,22+/m1/s1. The average Bonchev–Trinajstić information content (AvgIpc) is 3.58. The van der Waals surface area contributed by atoms with Gasteiger partial charge in [-0.1, -0.05) is 30.3 Å². The van der Waals surface area contributed by atoms with Gasteiger partial charge >= 0.3 is 7.12 Å². The van der Waals surface area contributed by atoms with Gasteiger partial charge < -0.3 is 24.7 Å². The fourth-order valence-electron chi connectivity index (χ4n) is 4.52. The highest BCUT2D eigenvalue weighted by atomic mass is 16.7. The van der Waals surface area contributed by atoms with Crippen LogP contribution >= 0.6 is 0 Å². The van der Waals surface area contributed by atoms with Crippen LogP contribution in [0.3, 0.4) is 0 Å². The Hall–Kier alpha value is -2.82. The lowest BCUT2D eigenvalue weighted by Crippen LogP contribution is -2.56. The van der Waals surface area contributed by atoms with Gasteiger partial charge in [-0.2, -0.15) is 0 Å². The molecule has 2 N–H and O–H groups in total. The third-order valence-corrected chi connectivity index (χ3v) is 7.39. The van der Waals surface area contributed by atoms with Crippen molar-refractivity contribution in [1.29, 1.82) is 0 Å². The second kappa shape index (κ2) is 10.7. The molecular weight excluding hydrogens is 459 g/mol. The molecule has 2 aliphatic rings. The Labute approximate surface area is 212 Å². The molecule has 1 saturated heterocycles. The molecule has 9 nitrogen and oxygen atoms in total. The molecule has 0 bridgehead atoms. The van der Waals surface area contributed by atoms with E-state index in [-0.39, 0.29) is 18.2 Å². The first-order valence-corrected chi connectivity index (χ1v) is 12.4. The number of benzene rings is 1. The Morgan fingerprint density at radius 2 is 1.81 bits per heavy atom. The number of ether oxygens (including phenoxy) is 1. The van der Waals surface area contributed by atoms with Gasteiger partial charge in [-0.15, -0.1) is 0 Å². The van der Waals surface area contributed by atoms with Gasteiger partial charge in [0, 0.05) is 19.5 Å². The monoisotopic (exact) mass is 494 g/mol. The molecule has 2 aromatic rings. The highest BCUT2D eigenvalue weighted by molar-refractivity contribution is 6.48. The maximum absolute atomic E-state index is 13.4. The highest BCUT2D eigenvalue weighted by Gasteiger charge is 2.55. The summed E-state index contributed by atoms with van der Waals surface area (Å²) in [7, 11) is 0.865. The van der Waals surface area contributed by atoms with Gasteiger partial charge in [0.15, 0.2) is 0 Å².